The fraction of sp³-hybridized carbons (Fsp3) is 0.864. The number of unbranched alkanes of at least 4 members (excludes halogenated alkanes) is 15. The molecule has 0 rings (SSSR count). The number of allylic oxidation sites excluding steroid dienone is 2. The lowest BCUT2D eigenvalue weighted by Crippen LogP contribution is -2.14. The molecule has 0 fully saturated rings. The first-order valence-corrected chi connectivity index (χ1v) is 10.9. The molecule has 0 aliphatic rings. The van der Waals surface area contributed by atoms with E-state index < -0.39 is 0 Å². The summed E-state index contributed by atoms with van der Waals surface area (Å²) in [5, 5.41) is 10.0. The maximum atomic E-state index is 10.8. The van der Waals surface area contributed by atoms with Crippen LogP contribution in [0.5, 0.6) is 0 Å². The van der Waals surface area contributed by atoms with E-state index >= 15 is 0 Å². The molecule has 1 N–H and O–H groups in total. The summed E-state index contributed by atoms with van der Waals surface area (Å²) in [5.74, 6) is -0.374. The summed E-state index contributed by atoms with van der Waals surface area (Å²) in [4.78, 5) is 10.8. The van der Waals surface area contributed by atoms with Crippen molar-refractivity contribution >= 4 is 5.91 Å². The molecular formula is C22H42NO2-. The van der Waals surface area contributed by atoms with Gasteiger partial charge in [-0.1, -0.05) is 96.1 Å². The Labute approximate surface area is 156 Å². The molecule has 0 saturated carbocycles. The maximum absolute atomic E-state index is 10.8. The Morgan fingerprint density at radius 2 is 1.08 bits per heavy atom. The van der Waals surface area contributed by atoms with Crippen LogP contribution in [0.3, 0.4) is 0 Å². The van der Waals surface area contributed by atoms with Crippen molar-refractivity contribution in [1.82, 2.24) is 5.48 Å². The summed E-state index contributed by atoms with van der Waals surface area (Å²) in [7, 11) is 0. The van der Waals surface area contributed by atoms with E-state index in [0.717, 1.165) is 12.8 Å². The van der Waals surface area contributed by atoms with E-state index in [4.69, 9.17) is 0 Å². The third-order valence-corrected chi connectivity index (χ3v) is 4.78. The lowest BCUT2D eigenvalue weighted by molar-refractivity contribution is -0.120. The minimum absolute atomic E-state index is 0.374. The molecule has 0 saturated heterocycles. The maximum Gasteiger partial charge on any atom is 0.209 e. The van der Waals surface area contributed by atoms with Gasteiger partial charge in [-0.15, -0.1) is 0 Å². The monoisotopic (exact) mass is 352 g/mol. The molecule has 3 heteroatoms. The summed E-state index contributed by atoms with van der Waals surface area (Å²) in [6.45, 7) is 2.27. The lowest BCUT2D eigenvalue weighted by Gasteiger charge is -2.06. The quantitative estimate of drug-likeness (QED) is 0.152. The molecule has 0 bridgehead atoms. The number of carbonyl (C=O) groups excluding carboxylic acids is 1. The predicted octanol–water partition coefficient (Wildman–Crippen LogP) is 7.20. The zero-order chi connectivity index (χ0) is 18.4. The third-order valence-electron chi connectivity index (χ3n) is 4.78. The van der Waals surface area contributed by atoms with Gasteiger partial charge in [0.25, 0.3) is 0 Å². The normalized spacial score (nSPS) is 11.3. The van der Waals surface area contributed by atoms with Crippen molar-refractivity contribution in [2.45, 2.75) is 122 Å². The minimum atomic E-state index is -0.374. The van der Waals surface area contributed by atoms with Crippen LogP contribution in [0.1, 0.15) is 122 Å². The number of hydroxylamine groups is 1. The van der Waals surface area contributed by atoms with Crippen LogP contribution in [0, 0.1) is 5.21 Å². The van der Waals surface area contributed by atoms with Gasteiger partial charge in [0.05, 0.1) is 0 Å². The van der Waals surface area contributed by atoms with Crippen molar-refractivity contribution in [3.63, 3.8) is 0 Å². The fourth-order valence-corrected chi connectivity index (χ4v) is 3.11. The summed E-state index contributed by atoms with van der Waals surface area (Å²) >= 11 is 0. The molecule has 0 radical (unpaired) electrons. The predicted molar refractivity (Wildman–Crippen MR) is 109 cm³/mol. The Balaban J connectivity index is 3.08. The van der Waals surface area contributed by atoms with E-state index in [1.54, 1.807) is 0 Å². The standard InChI is InChI=1S/C22H42NO2/c1-2-3-4-5-6-7-8-9-10-11-12-13-14-15-16-17-18-19-20-21-22(24)23-25/h9-10H,2-8,11-21H2,1H3,(H-,23,24,25)/q-1/b10-9-. The zero-order valence-corrected chi connectivity index (χ0v) is 16.7. The molecular weight excluding hydrogens is 310 g/mol. The molecule has 0 heterocycles. The second kappa shape index (κ2) is 21.2. The summed E-state index contributed by atoms with van der Waals surface area (Å²) in [5.41, 5.74) is 1.43. The number of nitrogens with one attached hydrogen (secondary N) is 1. The van der Waals surface area contributed by atoms with Crippen molar-refractivity contribution in [3.05, 3.63) is 17.4 Å². The second-order valence-electron chi connectivity index (χ2n) is 7.27. The van der Waals surface area contributed by atoms with Gasteiger partial charge in [0.1, 0.15) is 0 Å². The average molecular weight is 353 g/mol. The van der Waals surface area contributed by atoms with E-state index in [9.17, 15) is 10.0 Å². The van der Waals surface area contributed by atoms with Gasteiger partial charge in [-0.3, -0.25) is 4.79 Å². The summed E-state index contributed by atoms with van der Waals surface area (Å²) in [6, 6.07) is 0. The molecule has 0 aliphatic heterocycles. The molecule has 0 unspecified atom stereocenters. The number of carbonyl (C=O) groups is 1. The molecule has 0 aromatic heterocycles. The van der Waals surface area contributed by atoms with Gasteiger partial charge >= 0.3 is 0 Å². The van der Waals surface area contributed by atoms with Gasteiger partial charge in [0.2, 0.25) is 5.91 Å². The summed E-state index contributed by atoms with van der Waals surface area (Å²) in [6.07, 6.45) is 27.0. The molecule has 0 aromatic rings. The van der Waals surface area contributed by atoms with Crippen molar-refractivity contribution < 1.29 is 4.79 Å². The van der Waals surface area contributed by atoms with Gasteiger partial charge in [-0.2, -0.15) is 0 Å². The van der Waals surface area contributed by atoms with Crippen LogP contribution in [0.25, 0.3) is 0 Å². The van der Waals surface area contributed by atoms with Crippen molar-refractivity contribution in [2.75, 3.05) is 0 Å². The Bertz CT molecular complexity index is 302. The van der Waals surface area contributed by atoms with Crippen LogP contribution in [-0.2, 0) is 4.79 Å². The third kappa shape index (κ3) is 21.1. The topological polar surface area (TPSA) is 52.2 Å². The van der Waals surface area contributed by atoms with Gasteiger partial charge in [-0.25, -0.2) is 0 Å². The van der Waals surface area contributed by atoms with Gasteiger partial charge in [0.15, 0.2) is 0 Å². The Morgan fingerprint density at radius 3 is 1.52 bits per heavy atom. The van der Waals surface area contributed by atoms with Crippen LogP contribution in [0.15, 0.2) is 12.2 Å². The number of amides is 1. The Kier molecular flexibility index (Phi) is 20.5. The zero-order valence-electron chi connectivity index (χ0n) is 16.7. The smallest absolute Gasteiger partial charge is 0.209 e. The highest BCUT2D eigenvalue weighted by Crippen LogP contribution is 2.12. The molecule has 148 valence electrons. The molecule has 0 aliphatic carbocycles. The van der Waals surface area contributed by atoms with E-state index in [-0.39, 0.29) is 5.91 Å². The molecule has 1 amide bonds. The lowest BCUT2D eigenvalue weighted by atomic mass is 10.1. The Morgan fingerprint density at radius 1 is 0.680 bits per heavy atom. The molecule has 0 aromatic carbocycles. The van der Waals surface area contributed by atoms with Crippen LogP contribution in [0.4, 0.5) is 0 Å². The van der Waals surface area contributed by atoms with E-state index in [2.05, 4.69) is 19.1 Å². The largest absolute Gasteiger partial charge is 0.759 e. The first kappa shape index (κ1) is 24.2. The number of hydrogen-bond acceptors (Lipinski definition) is 2. The van der Waals surface area contributed by atoms with Crippen molar-refractivity contribution in [2.24, 2.45) is 0 Å². The van der Waals surface area contributed by atoms with Crippen LogP contribution in [0.2, 0.25) is 0 Å². The van der Waals surface area contributed by atoms with Gasteiger partial charge in [0, 0.05) is 6.42 Å². The van der Waals surface area contributed by atoms with E-state index in [1.165, 1.54) is 102 Å². The van der Waals surface area contributed by atoms with Gasteiger partial charge < -0.3 is 10.7 Å². The first-order valence-electron chi connectivity index (χ1n) is 10.9. The van der Waals surface area contributed by atoms with Gasteiger partial charge in [-0.05, 0) is 32.1 Å². The molecule has 3 nitrogen and oxygen atoms in total. The van der Waals surface area contributed by atoms with E-state index in [1.807, 2.05) is 0 Å². The number of hydrogen-bond donors (Lipinski definition) is 1. The van der Waals surface area contributed by atoms with Crippen molar-refractivity contribution in [3.8, 4) is 0 Å². The number of rotatable bonds is 19. The van der Waals surface area contributed by atoms with Crippen LogP contribution >= 0.6 is 0 Å². The Hall–Kier alpha value is -0.830. The minimum Gasteiger partial charge on any atom is -0.759 e. The highest BCUT2D eigenvalue weighted by molar-refractivity contribution is 5.76. The molecule has 0 atom stereocenters. The van der Waals surface area contributed by atoms with Crippen LogP contribution in [-0.4, -0.2) is 5.91 Å². The second-order valence-corrected chi connectivity index (χ2v) is 7.27. The summed E-state index contributed by atoms with van der Waals surface area (Å²) < 4.78 is 0. The van der Waals surface area contributed by atoms with Crippen molar-refractivity contribution in [1.29, 1.82) is 0 Å². The molecule has 0 spiro atoms. The average Bonchev–Trinajstić information content (AvgIpc) is 2.63. The SMILES string of the molecule is CCCCCCCC/C=C\CCCCCCCCCCCC(=O)N[O-]. The highest BCUT2D eigenvalue weighted by Gasteiger charge is 1.96. The van der Waals surface area contributed by atoms with Crippen LogP contribution < -0.4 is 5.48 Å². The first-order chi connectivity index (χ1) is 12.3. The fourth-order valence-electron chi connectivity index (χ4n) is 3.11. The molecule has 25 heavy (non-hydrogen) atoms. The highest BCUT2D eigenvalue weighted by atomic mass is 16.5. The van der Waals surface area contributed by atoms with E-state index in [0.29, 0.717) is 6.42 Å².